The maximum Gasteiger partial charge on any atom is 0.308 e. The maximum atomic E-state index is 12.9. The van der Waals surface area contributed by atoms with Gasteiger partial charge >= 0.3 is 5.97 Å². The molecule has 0 amide bonds. The fourth-order valence-electron chi connectivity index (χ4n) is 3.87. The number of thioether (sulfide) groups is 1. The van der Waals surface area contributed by atoms with Gasteiger partial charge in [-0.15, -0.1) is 0 Å². The van der Waals surface area contributed by atoms with Crippen molar-refractivity contribution in [3.05, 3.63) is 41.7 Å². The molecule has 27 heavy (non-hydrogen) atoms. The first-order chi connectivity index (χ1) is 13.1. The molecule has 2 aromatic rings. The monoisotopic (exact) mass is 386 g/mol. The van der Waals surface area contributed by atoms with Gasteiger partial charge in [-0.3, -0.25) is 14.5 Å². The topological polar surface area (TPSA) is 77.3 Å². The lowest BCUT2D eigenvalue weighted by molar-refractivity contribution is -0.147. The van der Waals surface area contributed by atoms with Crippen molar-refractivity contribution in [3.63, 3.8) is 0 Å². The Morgan fingerprint density at radius 2 is 1.96 bits per heavy atom. The summed E-state index contributed by atoms with van der Waals surface area (Å²) in [6.07, 6.45) is 2.89. The number of likely N-dealkylation sites (tertiary alicyclic amines) is 1. The number of rotatable bonds is 4. The van der Waals surface area contributed by atoms with Crippen LogP contribution >= 0.6 is 11.8 Å². The average Bonchev–Trinajstić information content (AvgIpc) is 3.27. The number of carbonyl (C=O) groups is 2. The molecule has 0 aliphatic carbocycles. The standard InChI is InChI=1S/C19H22N4O3S/c1-12-3-5-13(6-4-12)15(16-17(24)23-19(27-16)20-11-21-23)22-9-7-14(8-10-22)18(25)26-2/h3-6,11,14-16H,7-10H2,1-2H3. The molecule has 0 radical (unpaired) electrons. The van der Waals surface area contributed by atoms with Gasteiger partial charge in [0.1, 0.15) is 11.6 Å². The largest absolute Gasteiger partial charge is 0.469 e. The Hall–Kier alpha value is -2.19. The van der Waals surface area contributed by atoms with Gasteiger partial charge in [0, 0.05) is 0 Å². The van der Waals surface area contributed by atoms with Crippen molar-refractivity contribution in [1.82, 2.24) is 19.7 Å². The van der Waals surface area contributed by atoms with Crippen molar-refractivity contribution in [3.8, 4) is 0 Å². The lowest BCUT2D eigenvalue weighted by Gasteiger charge is -2.38. The SMILES string of the molecule is COC(=O)C1CCN(C(c2ccc(C)cc2)C2Sc3ncnn3C2=O)CC1. The number of fused-ring (bicyclic) bond motifs is 1. The molecule has 2 unspecified atom stereocenters. The zero-order valence-electron chi connectivity index (χ0n) is 15.4. The Morgan fingerprint density at radius 1 is 1.26 bits per heavy atom. The molecule has 8 heteroatoms. The van der Waals surface area contributed by atoms with Crippen LogP contribution in [0.15, 0.2) is 35.7 Å². The number of hydrogen-bond acceptors (Lipinski definition) is 7. The second-order valence-electron chi connectivity index (χ2n) is 7.02. The van der Waals surface area contributed by atoms with Gasteiger partial charge in [-0.25, -0.2) is 4.98 Å². The number of ether oxygens (including phenoxy) is 1. The van der Waals surface area contributed by atoms with Crippen LogP contribution in [0.5, 0.6) is 0 Å². The van der Waals surface area contributed by atoms with Crippen molar-refractivity contribution < 1.29 is 14.3 Å². The second kappa shape index (κ2) is 7.44. The molecule has 2 aliphatic rings. The van der Waals surface area contributed by atoms with Crippen LogP contribution in [0.4, 0.5) is 0 Å². The highest BCUT2D eigenvalue weighted by Gasteiger charge is 2.43. The summed E-state index contributed by atoms with van der Waals surface area (Å²) in [5, 5.41) is 4.42. The summed E-state index contributed by atoms with van der Waals surface area (Å²) in [5.74, 6) is -0.237. The quantitative estimate of drug-likeness (QED) is 0.746. The van der Waals surface area contributed by atoms with Gasteiger partial charge in [0.05, 0.1) is 19.1 Å². The normalized spacial score (nSPS) is 21.9. The number of aryl methyl sites for hydroxylation is 1. The highest BCUT2D eigenvalue weighted by Crippen LogP contribution is 2.41. The number of carbonyl (C=O) groups excluding carboxylic acids is 2. The zero-order valence-corrected chi connectivity index (χ0v) is 16.2. The van der Waals surface area contributed by atoms with E-state index in [2.05, 4.69) is 46.2 Å². The molecule has 1 aromatic carbocycles. The van der Waals surface area contributed by atoms with Crippen LogP contribution in [-0.2, 0) is 9.53 Å². The van der Waals surface area contributed by atoms with Crippen molar-refractivity contribution >= 4 is 23.6 Å². The lowest BCUT2D eigenvalue weighted by atomic mass is 9.92. The van der Waals surface area contributed by atoms with Crippen LogP contribution < -0.4 is 0 Å². The highest BCUT2D eigenvalue weighted by molar-refractivity contribution is 8.00. The smallest absolute Gasteiger partial charge is 0.308 e. The summed E-state index contributed by atoms with van der Waals surface area (Å²) in [4.78, 5) is 31.3. The highest BCUT2D eigenvalue weighted by atomic mass is 32.2. The fourth-order valence-corrected chi connectivity index (χ4v) is 5.10. The molecular weight excluding hydrogens is 364 g/mol. The summed E-state index contributed by atoms with van der Waals surface area (Å²) in [6, 6.07) is 8.25. The molecule has 0 saturated carbocycles. The van der Waals surface area contributed by atoms with E-state index < -0.39 is 0 Å². The number of nitrogens with zero attached hydrogens (tertiary/aromatic N) is 4. The van der Waals surface area contributed by atoms with Crippen molar-refractivity contribution in [2.24, 2.45) is 5.92 Å². The third-order valence-electron chi connectivity index (χ3n) is 5.36. The van der Waals surface area contributed by atoms with Crippen molar-refractivity contribution in [2.45, 2.75) is 36.2 Å². The molecule has 1 fully saturated rings. The Balaban J connectivity index is 1.60. The Bertz CT molecular complexity index is 843. The van der Waals surface area contributed by atoms with E-state index in [0.717, 1.165) is 31.5 Å². The van der Waals surface area contributed by atoms with Gasteiger partial charge in [0.2, 0.25) is 0 Å². The molecule has 0 N–H and O–H groups in total. The minimum Gasteiger partial charge on any atom is -0.469 e. The van der Waals surface area contributed by atoms with Gasteiger partial charge in [-0.1, -0.05) is 41.6 Å². The number of benzene rings is 1. The molecule has 3 heterocycles. The first kappa shape index (κ1) is 18.2. The molecule has 4 rings (SSSR count). The summed E-state index contributed by atoms with van der Waals surface area (Å²) >= 11 is 1.47. The summed E-state index contributed by atoms with van der Waals surface area (Å²) in [5.41, 5.74) is 2.29. The molecule has 0 bridgehead atoms. The second-order valence-corrected chi connectivity index (χ2v) is 8.13. The zero-order chi connectivity index (χ0) is 19.0. The third-order valence-corrected chi connectivity index (χ3v) is 6.57. The van der Waals surface area contributed by atoms with Gasteiger partial charge in [-0.05, 0) is 38.4 Å². The van der Waals surface area contributed by atoms with Gasteiger partial charge in [-0.2, -0.15) is 9.78 Å². The van der Waals surface area contributed by atoms with E-state index >= 15 is 0 Å². The lowest BCUT2D eigenvalue weighted by Crippen LogP contribution is -2.44. The third kappa shape index (κ3) is 3.39. The number of hydrogen-bond donors (Lipinski definition) is 0. The molecule has 1 aromatic heterocycles. The van der Waals surface area contributed by atoms with Crippen LogP contribution in [0.2, 0.25) is 0 Å². The van der Waals surface area contributed by atoms with Gasteiger partial charge in [0.25, 0.3) is 5.91 Å². The number of piperidine rings is 1. The average molecular weight is 386 g/mol. The fraction of sp³-hybridized carbons (Fsp3) is 0.474. The minimum atomic E-state index is -0.293. The van der Waals surface area contributed by atoms with E-state index in [1.807, 2.05) is 0 Å². The number of methoxy groups -OCH3 is 1. The van der Waals surface area contributed by atoms with E-state index in [-0.39, 0.29) is 29.1 Å². The van der Waals surface area contributed by atoms with Crippen LogP contribution in [0.25, 0.3) is 0 Å². The number of esters is 1. The molecule has 7 nitrogen and oxygen atoms in total. The van der Waals surface area contributed by atoms with E-state index in [9.17, 15) is 9.59 Å². The maximum absolute atomic E-state index is 12.9. The number of aromatic nitrogens is 3. The predicted octanol–water partition coefficient (Wildman–Crippen LogP) is 2.33. The predicted molar refractivity (Wildman–Crippen MR) is 101 cm³/mol. The Labute approximate surface area is 162 Å². The van der Waals surface area contributed by atoms with Crippen LogP contribution in [0.1, 0.15) is 34.8 Å². The molecule has 2 aliphatic heterocycles. The Kier molecular flexibility index (Phi) is 5.01. The van der Waals surface area contributed by atoms with E-state index in [1.165, 1.54) is 35.4 Å². The first-order valence-corrected chi connectivity index (χ1v) is 9.96. The van der Waals surface area contributed by atoms with Crippen LogP contribution in [0, 0.1) is 12.8 Å². The molecular formula is C19H22N4O3S. The van der Waals surface area contributed by atoms with Gasteiger partial charge in [0.15, 0.2) is 5.16 Å². The summed E-state index contributed by atoms with van der Waals surface area (Å²) in [6.45, 7) is 3.55. The minimum absolute atomic E-state index is 0.0341. The molecule has 2 atom stereocenters. The van der Waals surface area contributed by atoms with Crippen molar-refractivity contribution in [2.75, 3.05) is 20.2 Å². The molecule has 0 spiro atoms. The first-order valence-electron chi connectivity index (χ1n) is 9.08. The molecule has 1 saturated heterocycles. The molecule has 142 valence electrons. The van der Waals surface area contributed by atoms with Crippen molar-refractivity contribution in [1.29, 1.82) is 0 Å². The van der Waals surface area contributed by atoms with E-state index in [4.69, 9.17) is 4.74 Å². The van der Waals surface area contributed by atoms with E-state index in [1.54, 1.807) is 0 Å². The van der Waals surface area contributed by atoms with E-state index in [0.29, 0.717) is 5.16 Å². The van der Waals surface area contributed by atoms with Crippen LogP contribution in [-0.4, -0.2) is 57.0 Å². The summed E-state index contributed by atoms with van der Waals surface area (Å²) < 4.78 is 6.30. The summed E-state index contributed by atoms with van der Waals surface area (Å²) in [7, 11) is 1.44. The van der Waals surface area contributed by atoms with Crippen LogP contribution in [0.3, 0.4) is 0 Å². The Morgan fingerprint density at radius 3 is 2.59 bits per heavy atom. The van der Waals surface area contributed by atoms with Gasteiger partial charge < -0.3 is 4.74 Å².